The second-order valence-electron chi connectivity index (χ2n) is 4.43. The Hall–Kier alpha value is -1.46. The van der Waals surface area contributed by atoms with E-state index in [0.717, 1.165) is 6.42 Å². The highest BCUT2D eigenvalue weighted by Gasteiger charge is 2.34. The maximum Gasteiger partial charge on any atom is 0.410 e. The summed E-state index contributed by atoms with van der Waals surface area (Å²) in [6, 6.07) is 4.27. The average Bonchev–Trinajstić information content (AvgIpc) is 2.90. The van der Waals surface area contributed by atoms with Gasteiger partial charge in [0.1, 0.15) is 6.04 Å². The number of carbonyl (C=O) groups is 2. The SMILES string of the molecule is COC(=O)N1CCCC1C(=O)Nc1ccc(Cl)cc1Cl. The van der Waals surface area contributed by atoms with Gasteiger partial charge in [-0.15, -0.1) is 0 Å². The Morgan fingerprint density at radius 3 is 2.80 bits per heavy atom. The summed E-state index contributed by atoms with van der Waals surface area (Å²) >= 11 is 11.8. The van der Waals surface area contributed by atoms with E-state index in [1.165, 1.54) is 12.0 Å². The molecule has 1 aromatic rings. The molecule has 0 spiro atoms. The number of nitrogens with one attached hydrogen (secondary N) is 1. The van der Waals surface area contributed by atoms with Crippen molar-refractivity contribution in [3.8, 4) is 0 Å². The van der Waals surface area contributed by atoms with Gasteiger partial charge in [-0.2, -0.15) is 0 Å². The quantitative estimate of drug-likeness (QED) is 0.911. The van der Waals surface area contributed by atoms with Crippen LogP contribution in [0.1, 0.15) is 12.8 Å². The number of benzene rings is 1. The van der Waals surface area contributed by atoms with E-state index in [2.05, 4.69) is 10.1 Å². The molecule has 1 heterocycles. The Morgan fingerprint density at radius 2 is 2.15 bits per heavy atom. The number of carbonyl (C=O) groups excluding carboxylic acids is 2. The van der Waals surface area contributed by atoms with Gasteiger partial charge in [0.25, 0.3) is 0 Å². The fraction of sp³-hybridized carbons (Fsp3) is 0.385. The summed E-state index contributed by atoms with van der Waals surface area (Å²) in [5.41, 5.74) is 0.470. The molecule has 0 bridgehead atoms. The van der Waals surface area contributed by atoms with Crippen LogP contribution >= 0.6 is 23.2 Å². The van der Waals surface area contributed by atoms with Crippen molar-refractivity contribution in [2.45, 2.75) is 18.9 Å². The van der Waals surface area contributed by atoms with Crippen molar-refractivity contribution >= 4 is 40.9 Å². The number of nitrogens with zero attached hydrogens (tertiary/aromatic N) is 1. The Kier molecular flexibility index (Phi) is 4.73. The highest BCUT2D eigenvalue weighted by Crippen LogP contribution is 2.27. The lowest BCUT2D eigenvalue weighted by Gasteiger charge is -2.22. The number of rotatable bonds is 2. The molecule has 0 aliphatic carbocycles. The van der Waals surface area contributed by atoms with Gasteiger partial charge in [-0.3, -0.25) is 9.69 Å². The highest BCUT2D eigenvalue weighted by atomic mass is 35.5. The van der Waals surface area contributed by atoms with Crippen LogP contribution in [0.15, 0.2) is 18.2 Å². The average molecular weight is 317 g/mol. The van der Waals surface area contributed by atoms with Crippen molar-refractivity contribution in [2.24, 2.45) is 0 Å². The summed E-state index contributed by atoms with van der Waals surface area (Å²) in [5.74, 6) is -0.280. The first-order valence-corrected chi connectivity index (χ1v) is 6.89. The van der Waals surface area contributed by atoms with Gasteiger partial charge >= 0.3 is 6.09 Å². The second-order valence-corrected chi connectivity index (χ2v) is 5.28. The normalized spacial score (nSPS) is 17.9. The van der Waals surface area contributed by atoms with Gasteiger partial charge in [-0.25, -0.2) is 4.79 Å². The van der Waals surface area contributed by atoms with Crippen molar-refractivity contribution in [1.29, 1.82) is 0 Å². The van der Waals surface area contributed by atoms with Crippen molar-refractivity contribution in [2.75, 3.05) is 19.0 Å². The molecule has 2 amide bonds. The molecule has 7 heteroatoms. The van der Waals surface area contributed by atoms with E-state index >= 15 is 0 Å². The number of methoxy groups -OCH3 is 1. The Labute approximate surface area is 126 Å². The summed E-state index contributed by atoms with van der Waals surface area (Å²) in [6.45, 7) is 0.513. The summed E-state index contributed by atoms with van der Waals surface area (Å²) in [6.07, 6.45) is 0.873. The third kappa shape index (κ3) is 3.16. The number of amides is 2. The maximum atomic E-state index is 12.2. The first-order valence-electron chi connectivity index (χ1n) is 6.13. The number of anilines is 1. The monoisotopic (exact) mass is 316 g/mol. The topological polar surface area (TPSA) is 58.6 Å². The number of halogens is 2. The molecule has 0 aromatic heterocycles. The maximum absolute atomic E-state index is 12.2. The van der Waals surface area contributed by atoms with Crippen LogP contribution in [0.25, 0.3) is 0 Å². The van der Waals surface area contributed by atoms with E-state index in [0.29, 0.717) is 28.7 Å². The fourth-order valence-electron chi connectivity index (χ4n) is 2.18. The number of ether oxygens (including phenoxy) is 1. The summed E-state index contributed by atoms with van der Waals surface area (Å²) in [4.78, 5) is 25.2. The van der Waals surface area contributed by atoms with Crippen LogP contribution in [0.4, 0.5) is 10.5 Å². The van der Waals surface area contributed by atoms with Crippen LogP contribution in [0, 0.1) is 0 Å². The van der Waals surface area contributed by atoms with E-state index in [9.17, 15) is 9.59 Å². The Balaban J connectivity index is 2.09. The Bertz CT molecular complexity index is 536. The minimum Gasteiger partial charge on any atom is -0.453 e. The molecule has 1 N–H and O–H groups in total. The predicted molar refractivity (Wildman–Crippen MR) is 77.2 cm³/mol. The lowest BCUT2D eigenvalue weighted by Crippen LogP contribution is -2.43. The number of likely N-dealkylation sites (tertiary alicyclic amines) is 1. The first-order chi connectivity index (χ1) is 9.52. The minimum absolute atomic E-state index is 0.280. The molecule has 1 unspecified atom stereocenters. The lowest BCUT2D eigenvalue weighted by molar-refractivity contribution is -0.119. The number of hydrogen-bond acceptors (Lipinski definition) is 3. The van der Waals surface area contributed by atoms with Crippen LogP contribution in [0.5, 0.6) is 0 Å². The largest absolute Gasteiger partial charge is 0.453 e. The minimum atomic E-state index is -0.533. The molecule has 0 radical (unpaired) electrons. The van der Waals surface area contributed by atoms with Crippen LogP contribution < -0.4 is 5.32 Å². The standard InChI is InChI=1S/C13H14Cl2N2O3/c1-20-13(19)17-6-2-3-11(17)12(18)16-10-5-4-8(14)7-9(10)15/h4-5,7,11H,2-3,6H2,1H3,(H,16,18). The number of hydrogen-bond donors (Lipinski definition) is 1. The van der Waals surface area contributed by atoms with E-state index in [-0.39, 0.29) is 5.91 Å². The van der Waals surface area contributed by atoms with Gasteiger partial charge in [0.05, 0.1) is 17.8 Å². The van der Waals surface area contributed by atoms with E-state index in [4.69, 9.17) is 23.2 Å². The van der Waals surface area contributed by atoms with Crippen molar-refractivity contribution in [3.05, 3.63) is 28.2 Å². The zero-order valence-electron chi connectivity index (χ0n) is 10.9. The summed E-state index contributed by atoms with van der Waals surface area (Å²) < 4.78 is 4.67. The van der Waals surface area contributed by atoms with Gasteiger partial charge in [-0.1, -0.05) is 23.2 Å². The van der Waals surface area contributed by atoms with Gasteiger partial charge < -0.3 is 10.1 Å². The fourth-order valence-corrected chi connectivity index (χ4v) is 2.64. The Morgan fingerprint density at radius 1 is 1.40 bits per heavy atom. The van der Waals surface area contributed by atoms with Gasteiger partial charge in [-0.05, 0) is 31.0 Å². The van der Waals surface area contributed by atoms with Crippen molar-refractivity contribution in [3.63, 3.8) is 0 Å². The van der Waals surface area contributed by atoms with Gasteiger partial charge in [0, 0.05) is 11.6 Å². The smallest absolute Gasteiger partial charge is 0.410 e. The third-order valence-corrected chi connectivity index (χ3v) is 3.70. The molecule has 20 heavy (non-hydrogen) atoms. The molecule has 108 valence electrons. The lowest BCUT2D eigenvalue weighted by atomic mass is 10.2. The molecule has 1 saturated heterocycles. The van der Waals surface area contributed by atoms with E-state index < -0.39 is 12.1 Å². The molecule has 1 aliphatic rings. The summed E-state index contributed by atoms with van der Waals surface area (Å²) in [7, 11) is 1.30. The highest BCUT2D eigenvalue weighted by molar-refractivity contribution is 6.36. The van der Waals surface area contributed by atoms with Crippen LogP contribution in [0.2, 0.25) is 10.0 Å². The van der Waals surface area contributed by atoms with E-state index in [1.807, 2.05) is 0 Å². The molecule has 1 atom stereocenters. The molecule has 1 aliphatic heterocycles. The van der Waals surface area contributed by atoms with Crippen molar-refractivity contribution < 1.29 is 14.3 Å². The molecular weight excluding hydrogens is 303 g/mol. The molecular formula is C13H14Cl2N2O3. The van der Waals surface area contributed by atoms with Crippen LogP contribution in [0.3, 0.4) is 0 Å². The van der Waals surface area contributed by atoms with Crippen molar-refractivity contribution in [1.82, 2.24) is 4.90 Å². The second kappa shape index (κ2) is 6.33. The molecule has 5 nitrogen and oxygen atoms in total. The molecule has 1 aromatic carbocycles. The molecule has 2 rings (SSSR count). The van der Waals surface area contributed by atoms with Gasteiger partial charge in [0.15, 0.2) is 0 Å². The molecule has 0 saturated carbocycles. The van der Waals surface area contributed by atoms with Crippen LogP contribution in [-0.2, 0) is 9.53 Å². The first kappa shape index (κ1) is 14.9. The van der Waals surface area contributed by atoms with E-state index in [1.54, 1.807) is 18.2 Å². The van der Waals surface area contributed by atoms with Gasteiger partial charge in [0.2, 0.25) is 5.91 Å². The summed E-state index contributed by atoms with van der Waals surface area (Å²) in [5, 5.41) is 3.56. The van der Waals surface area contributed by atoms with Crippen LogP contribution in [-0.4, -0.2) is 36.6 Å². The predicted octanol–water partition coefficient (Wildman–Crippen LogP) is 3.16. The zero-order valence-corrected chi connectivity index (χ0v) is 12.4. The zero-order chi connectivity index (χ0) is 14.7. The molecule has 1 fully saturated rings. The third-order valence-electron chi connectivity index (χ3n) is 3.15.